The molecule has 0 spiro atoms. The fourth-order valence-electron chi connectivity index (χ4n) is 1.64. The standard InChI is InChI=1S/C14H17ClN2S/c1-10(2)16-8-13-9-17-14(18-13)7-11-4-3-5-12(15)6-11/h3-6,9-10,16H,7-8H2,1-2H3. The summed E-state index contributed by atoms with van der Waals surface area (Å²) >= 11 is 7.73. The first-order valence-corrected chi connectivity index (χ1v) is 7.24. The number of nitrogens with one attached hydrogen (secondary N) is 1. The molecule has 0 amide bonds. The third-order valence-corrected chi connectivity index (χ3v) is 3.76. The number of nitrogens with zero attached hydrogens (tertiary/aromatic N) is 1. The van der Waals surface area contributed by atoms with E-state index < -0.39 is 0 Å². The molecule has 2 rings (SSSR count). The van der Waals surface area contributed by atoms with Gasteiger partial charge in [-0.2, -0.15) is 0 Å². The Morgan fingerprint density at radius 1 is 1.39 bits per heavy atom. The molecule has 1 aromatic carbocycles. The van der Waals surface area contributed by atoms with Gasteiger partial charge in [0.15, 0.2) is 0 Å². The van der Waals surface area contributed by atoms with E-state index in [4.69, 9.17) is 11.6 Å². The van der Waals surface area contributed by atoms with Crippen molar-refractivity contribution < 1.29 is 0 Å². The molecule has 1 N–H and O–H groups in total. The Kier molecular flexibility index (Phi) is 4.75. The normalized spacial score (nSPS) is 11.1. The van der Waals surface area contributed by atoms with E-state index in [0.717, 1.165) is 23.0 Å². The van der Waals surface area contributed by atoms with Crippen LogP contribution in [0.2, 0.25) is 5.02 Å². The maximum Gasteiger partial charge on any atom is 0.0972 e. The van der Waals surface area contributed by atoms with Gasteiger partial charge >= 0.3 is 0 Å². The number of thiazole rings is 1. The summed E-state index contributed by atoms with van der Waals surface area (Å²) in [4.78, 5) is 5.73. The number of rotatable bonds is 5. The van der Waals surface area contributed by atoms with Gasteiger partial charge < -0.3 is 5.32 Å². The van der Waals surface area contributed by atoms with Crippen LogP contribution in [0.1, 0.15) is 29.3 Å². The van der Waals surface area contributed by atoms with E-state index in [1.165, 1.54) is 10.4 Å². The molecule has 0 radical (unpaired) electrons. The van der Waals surface area contributed by atoms with Crippen LogP contribution in [0.25, 0.3) is 0 Å². The number of benzene rings is 1. The van der Waals surface area contributed by atoms with Crippen LogP contribution < -0.4 is 5.32 Å². The molecule has 0 fully saturated rings. The smallest absolute Gasteiger partial charge is 0.0972 e. The minimum absolute atomic E-state index is 0.503. The molecule has 2 nitrogen and oxygen atoms in total. The number of hydrogen-bond donors (Lipinski definition) is 1. The van der Waals surface area contributed by atoms with Crippen molar-refractivity contribution in [3.05, 3.63) is 50.9 Å². The fourth-order valence-corrected chi connectivity index (χ4v) is 2.76. The summed E-state index contributed by atoms with van der Waals surface area (Å²) in [5.74, 6) is 0. The SMILES string of the molecule is CC(C)NCc1cnc(Cc2cccc(Cl)c2)s1. The summed E-state index contributed by atoms with van der Waals surface area (Å²) in [5, 5.41) is 5.32. The fraction of sp³-hybridized carbons (Fsp3) is 0.357. The Balaban J connectivity index is 1.98. The number of aromatic nitrogens is 1. The number of hydrogen-bond acceptors (Lipinski definition) is 3. The van der Waals surface area contributed by atoms with E-state index in [0.29, 0.717) is 6.04 Å². The maximum atomic E-state index is 5.97. The van der Waals surface area contributed by atoms with Crippen LogP contribution in [0.5, 0.6) is 0 Å². The number of halogens is 1. The summed E-state index contributed by atoms with van der Waals surface area (Å²) in [6.45, 7) is 5.19. The first-order chi connectivity index (χ1) is 8.63. The van der Waals surface area contributed by atoms with Crippen LogP contribution in [0.15, 0.2) is 30.5 Å². The van der Waals surface area contributed by atoms with E-state index >= 15 is 0 Å². The molecule has 0 saturated heterocycles. The van der Waals surface area contributed by atoms with Gasteiger partial charge in [0.2, 0.25) is 0 Å². The van der Waals surface area contributed by atoms with Gasteiger partial charge in [0.1, 0.15) is 0 Å². The van der Waals surface area contributed by atoms with Gasteiger partial charge in [-0.3, -0.25) is 0 Å². The average molecular weight is 281 g/mol. The van der Waals surface area contributed by atoms with Gasteiger partial charge in [-0.15, -0.1) is 11.3 Å². The van der Waals surface area contributed by atoms with Gasteiger partial charge in [0.05, 0.1) is 5.01 Å². The Labute approximate surface area is 117 Å². The van der Waals surface area contributed by atoms with Crippen LogP contribution >= 0.6 is 22.9 Å². The second-order valence-electron chi connectivity index (χ2n) is 4.56. The Morgan fingerprint density at radius 3 is 2.94 bits per heavy atom. The highest BCUT2D eigenvalue weighted by molar-refractivity contribution is 7.11. The van der Waals surface area contributed by atoms with Gasteiger partial charge in [-0.05, 0) is 17.7 Å². The summed E-state index contributed by atoms with van der Waals surface area (Å²) in [5.41, 5.74) is 1.21. The van der Waals surface area contributed by atoms with Gasteiger partial charge in [-0.1, -0.05) is 37.6 Å². The molecular weight excluding hydrogens is 264 g/mol. The molecule has 0 aliphatic carbocycles. The van der Waals surface area contributed by atoms with E-state index in [2.05, 4.69) is 30.2 Å². The van der Waals surface area contributed by atoms with Crippen LogP contribution in [-0.2, 0) is 13.0 Å². The van der Waals surface area contributed by atoms with E-state index in [-0.39, 0.29) is 0 Å². The lowest BCUT2D eigenvalue weighted by atomic mass is 10.2. The Morgan fingerprint density at radius 2 is 2.22 bits per heavy atom. The zero-order valence-electron chi connectivity index (χ0n) is 10.6. The van der Waals surface area contributed by atoms with Crippen molar-refractivity contribution in [2.75, 3.05) is 0 Å². The molecule has 4 heteroatoms. The van der Waals surface area contributed by atoms with Crippen LogP contribution in [0.4, 0.5) is 0 Å². The lowest BCUT2D eigenvalue weighted by Gasteiger charge is -2.04. The van der Waals surface area contributed by atoms with Crippen LogP contribution in [0.3, 0.4) is 0 Å². The van der Waals surface area contributed by atoms with Crippen LogP contribution in [-0.4, -0.2) is 11.0 Å². The monoisotopic (exact) mass is 280 g/mol. The molecule has 18 heavy (non-hydrogen) atoms. The second-order valence-corrected chi connectivity index (χ2v) is 6.20. The predicted molar refractivity (Wildman–Crippen MR) is 78.3 cm³/mol. The summed E-state index contributed by atoms with van der Waals surface area (Å²) in [6, 6.07) is 8.45. The minimum Gasteiger partial charge on any atom is -0.310 e. The lowest BCUT2D eigenvalue weighted by molar-refractivity contribution is 0.593. The lowest BCUT2D eigenvalue weighted by Crippen LogP contribution is -2.21. The molecule has 0 unspecified atom stereocenters. The predicted octanol–water partition coefficient (Wildman–Crippen LogP) is 3.89. The van der Waals surface area contributed by atoms with Crippen molar-refractivity contribution in [2.45, 2.75) is 32.9 Å². The van der Waals surface area contributed by atoms with Crippen molar-refractivity contribution in [1.82, 2.24) is 10.3 Å². The van der Waals surface area contributed by atoms with Gasteiger partial charge in [-0.25, -0.2) is 4.98 Å². The Bertz CT molecular complexity index is 508. The average Bonchev–Trinajstić information content (AvgIpc) is 2.74. The van der Waals surface area contributed by atoms with Crippen LogP contribution in [0, 0.1) is 0 Å². The molecule has 0 saturated carbocycles. The van der Waals surface area contributed by atoms with Crippen molar-refractivity contribution in [3.8, 4) is 0 Å². The van der Waals surface area contributed by atoms with Gasteiger partial charge in [0, 0.05) is 35.1 Å². The quantitative estimate of drug-likeness (QED) is 0.899. The molecule has 0 bridgehead atoms. The largest absolute Gasteiger partial charge is 0.310 e. The third kappa shape index (κ3) is 4.09. The molecule has 1 aromatic heterocycles. The molecule has 0 aliphatic heterocycles. The highest BCUT2D eigenvalue weighted by Crippen LogP contribution is 2.19. The second kappa shape index (κ2) is 6.32. The first kappa shape index (κ1) is 13.5. The summed E-state index contributed by atoms with van der Waals surface area (Å²) in [7, 11) is 0. The first-order valence-electron chi connectivity index (χ1n) is 6.05. The van der Waals surface area contributed by atoms with Crippen molar-refractivity contribution >= 4 is 22.9 Å². The van der Waals surface area contributed by atoms with Crippen molar-refractivity contribution in [3.63, 3.8) is 0 Å². The topological polar surface area (TPSA) is 24.9 Å². The maximum absolute atomic E-state index is 5.97. The molecule has 96 valence electrons. The van der Waals surface area contributed by atoms with E-state index in [9.17, 15) is 0 Å². The van der Waals surface area contributed by atoms with E-state index in [1.54, 1.807) is 11.3 Å². The zero-order chi connectivity index (χ0) is 13.0. The van der Waals surface area contributed by atoms with E-state index in [1.807, 2.05) is 24.4 Å². The van der Waals surface area contributed by atoms with Crippen molar-refractivity contribution in [2.24, 2.45) is 0 Å². The van der Waals surface area contributed by atoms with Gasteiger partial charge in [0.25, 0.3) is 0 Å². The summed E-state index contributed by atoms with van der Waals surface area (Å²) < 4.78 is 0. The zero-order valence-corrected chi connectivity index (χ0v) is 12.2. The third-order valence-electron chi connectivity index (χ3n) is 2.53. The molecule has 0 atom stereocenters. The highest BCUT2D eigenvalue weighted by atomic mass is 35.5. The van der Waals surface area contributed by atoms with Crippen molar-refractivity contribution in [1.29, 1.82) is 0 Å². The molecule has 1 heterocycles. The molecule has 0 aliphatic rings. The summed E-state index contributed by atoms with van der Waals surface area (Å²) in [6.07, 6.45) is 2.81. The molecular formula is C14H17ClN2S. The highest BCUT2D eigenvalue weighted by Gasteiger charge is 2.04. The molecule has 2 aromatic rings. The Hall–Kier alpha value is -0.900. The minimum atomic E-state index is 0.503.